The largest absolute Gasteiger partial charge is 0.497 e. The van der Waals surface area contributed by atoms with Crippen molar-refractivity contribution >= 4 is 35.0 Å². The molecule has 0 unspecified atom stereocenters. The summed E-state index contributed by atoms with van der Waals surface area (Å²) in [6, 6.07) is 13.7. The number of methoxy groups -OCH3 is 1. The summed E-state index contributed by atoms with van der Waals surface area (Å²) in [5, 5.41) is 6.83. The smallest absolute Gasteiger partial charge is 0.246 e. The molecular weight excluding hydrogens is 542 g/mol. The molecule has 7 atom stereocenters. The van der Waals surface area contributed by atoms with Crippen LogP contribution in [0.15, 0.2) is 60.7 Å². The number of hydrogen-bond acceptors (Lipinski definition) is 5. The van der Waals surface area contributed by atoms with Crippen LogP contribution in [0.1, 0.15) is 38.2 Å². The predicted octanol–water partition coefficient (Wildman–Crippen LogP) is 4.38. The lowest BCUT2D eigenvalue weighted by molar-refractivity contribution is -0.141. The van der Waals surface area contributed by atoms with Crippen molar-refractivity contribution in [2.24, 2.45) is 17.8 Å². The molecule has 3 amide bonds. The molecule has 2 saturated heterocycles. The van der Waals surface area contributed by atoms with Gasteiger partial charge in [0, 0.05) is 29.4 Å². The van der Waals surface area contributed by atoms with Gasteiger partial charge in [-0.15, -0.1) is 0 Å². The van der Waals surface area contributed by atoms with Crippen LogP contribution in [0.25, 0.3) is 0 Å². The fourth-order valence-electron chi connectivity index (χ4n) is 7.17. The third-order valence-corrected chi connectivity index (χ3v) is 9.65. The summed E-state index contributed by atoms with van der Waals surface area (Å²) >= 11 is 6.43. The number of carbonyl (C=O) groups excluding carboxylic acids is 3. The predicted molar refractivity (Wildman–Crippen MR) is 156 cm³/mol. The van der Waals surface area contributed by atoms with Gasteiger partial charge in [-0.1, -0.05) is 67.8 Å². The standard InChI is InChI=1S/C32H36ClN3O5/c1-19-8-3-6-13-24(19)35-30(38)28-32-16-14-25(41-32)26(29(37)34-21-10-7-11-22(18-21)40-2)27(32)31(39)36(28)17-15-20-9-4-5-12-23(20)33/h4-5,7,9-12,14,16,18-19,24-28H,3,6,8,13,15,17H2,1-2H3,(H,34,37)(H,35,38)/t19-,24+,25-,26+,27-,28-,32-/m1/s1. The van der Waals surface area contributed by atoms with E-state index >= 15 is 0 Å². The first-order valence-electron chi connectivity index (χ1n) is 14.5. The normalized spacial score (nSPS) is 31.7. The molecule has 8 nitrogen and oxygen atoms in total. The number of benzene rings is 2. The molecule has 3 aliphatic heterocycles. The number of nitrogens with zero attached hydrogens (tertiary/aromatic N) is 1. The molecule has 1 aliphatic carbocycles. The lowest BCUT2D eigenvalue weighted by atomic mass is 9.74. The van der Waals surface area contributed by atoms with Crippen LogP contribution >= 0.6 is 11.6 Å². The second-order valence-corrected chi connectivity index (χ2v) is 12.1. The van der Waals surface area contributed by atoms with Gasteiger partial charge in [0.15, 0.2) is 0 Å². The fraction of sp³-hybridized carbons (Fsp3) is 0.469. The highest BCUT2D eigenvalue weighted by atomic mass is 35.5. The van der Waals surface area contributed by atoms with Gasteiger partial charge < -0.3 is 25.0 Å². The average molecular weight is 578 g/mol. The fourth-order valence-corrected chi connectivity index (χ4v) is 7.40. The van der Waals surface area contributed by atoms with Crippen molar-refractivity contribution < 1.29 is 23.9 Å². The van der Waals surface area contributed by atoms with Crippen LogP contribution < -0.4 is 15.4 Å². The zero-order valence-electron chi connectivity index (χ0n) is 23.3. The quantitative estimate of drug-likeness (QED) is 0.454. The van der Waals surface area contributed by atoms with E-state index in [9.17, 15) is 14.4 Å². The van der Waals surface area contributed by atoms with Crippen LogP contribution in [0.2, 0.25) is 5.02 Å². The van der Waals surface area contributed by atoms with E-state index < -0.39 is 29.6 Å². The van der Waals surface area contributed by atoms with Crippen molar-refractivity contribution in [3.63, 3.8) is 0 Å². The molecule has 0 aromatic heterocycles. The van der Waals surface area contributed by atoms with E-state index in [1.165, 1.54) is 0 Å². The maximum atomic E-state index is 14.2. The Hall–Kier alpha value is -3.36. The summed E-state index contributed by atoms with van der Waals surface area (Å²) in [5.41, 5.74) is 0.252. The second-order valence-electron chi connectivity index (χ2n) is 11.7. The first-order valence-corrected chi connectivity index (χ1v) is 14.9. The van der Waals surface area contributed by atoms with E-state index in [2.05, 4.69) is 17.6 Å². The summed E-state index contributed by atoms with van der Waals surface area (Å²) in [4.78, 5) is 43.6. The summed E-state index contributed by atoms with van der Waals surface area (Å²) < 4.78 is 11.8. The van der Waals surface area contributed by atoms with Crippen molar-refractivity contribution in [1.82, 2.24) is 10.2 Å². The third-order valence-electron chi connectivity index (χ3n) is 9.28. The summed E-state index contributed by atoms with van der Waals surface area (Å²) in [6.07, 6.45) is 7.75. The number of likely N-dealkylation sites (tertiary alicyclic amines) is 1. The van der Waals surface area contributed by atoms with Gasteiger partial charge in [-0.3, -0.25) is 14.4 Å². The molecule has 2 N–H and O–H groups in total. The van der Waals surface area contributed by atoms with Crippen molar-refractivity contribution in [2.45, 2.75) is 62.8 Å². The number of amides is 3. The van der Waals surface area contributed by atoms with Crippen LogP contribution in [0, 0.1) is 17.8 Å². The van der Waals surface area contributed by atoms with E-state index in [-0.39, 0.29) is 30.3 Å². The Morgan fingerprint density at radius 2 is 1.93 bits per heavy atom. The van der Waals surface area contributed by atoms with Crippen molar-refractivity contribution in [3.05, 3.63) is 71.3 Å². The van der Waals surface area contributed by atoms with E-state index in [0.29, 0.717) is 28.8 Å². The second kappa shape index (κ2) is 11.1. The Kier molecular flexibility index (Phi) is 7.55. The van der Waals surface area contributed by atoms with Gasteiger partial charge in [-0.2, -0.15) is 0 Å². The van der Waals surface area contributed by atoms with E-state index in [1.54, 1.807) is 36.3 Å². The first-order chi connectivity index (χ1) is 19.8. The number of rotatable bonds is 8. The molecule has 3 heterocycles. The lowest BCUT2D eigenvalue weighted by Gasteiger charge is -2.36. The van der Waals surface area contributed by atoms with Gasteiger partial charge in [0.1, 0.15) is 17.4 Å². The van der Waals surface area contributed by atoms with Crippen molar-refractivity contribution in [1.29, 1.82) is 0 Å². The van der Waals surface area contributed by atoms with E-state index in [0.717, 1.165) is 31.2 Å². The van der Waals surface area contributed by atoms with E-state index in [4.69, 9.17) is 21.1 Å². The molecule has 41 heavy (non-hydrogen) atoms. The number of carbonyl (C=O) groups is 3. The number of nitrogens with one attached hydrogen (secondary N) is 2. The van der Waals surface area contributed by atoms with Crippen LogP contribution in [0.3, 0.4) is 0 Å². The van der Waals surface area contributed by atoms with Gasteiger partial charge in [0.05, 0.1) is 25.0 Å². The molecule has 216 valence electrons. The monoisotopic (exact) mass is 577 g/mol. The molecule has 2 aromatic rings. The molecule has 6 rings (SSSR count). The van der Waals surface area contributed by atoms with Crippen LogP contribution in [-0.4, -0.2) is 60.1 Å². The van der Waals surface area contributed by atoms with Gasteiger partial charge >= 0.3 is 0 Å². The Bertz CT molecular complexity index is 1380. The Balaban J connectivity index is 1.30. The first kappa shape index (κ1) is 27.8. The molecule has 1 spiro atoms. The minimum Gasteiger partial charge on any atom is -0.497 e. The molecule has 3 fully saturated rings. The minimum absolute atomic E-state index is 0.0435. The van der Waals surface area contributed by atoms with Crippen LogP contribution in [-0.2, 0) is 25.5 Å². The SMILES string of the molecule is COc1cccc(NC(=O)[C@H]2[C@H]3C=C[C@@]4(O3)[C@H]2C(=O)N(CCc2ccccc2Cl)[C@@H]4C(=O)N[C@H]2CCCC[C@H]2C)c1. The average Bonchev–Trinajstić information content (AvgIpc) is 3.61. The highest BCUT2D eigenvalue weighted by molar-refractivity contribution is 6.31. The molecule has 9 heteroatoms. The molecule has 0 radical (unpaired) electrons. The lowest BCUT2D eigenvalue weighted by Crippen LogP contribution is -2.57. The number of fused-ring (bicyclic) bond motifs is 1. The Morgan fingerprint density at radius 1 is 1.12 bits per heavy atom. The number of ether oxygens (including phenoxy) is 2. The highest BCUT2D eigenvalue weighted by Crippen LogP contribution is 2.55. The number of halogens is 1. The summed E-state index contributed by atoms with van der Waals surface area (Å²) in [7, 11) is 1.56. The molecular formula is C32H36ClN3O5. The molecule has 4 aliphatic rings. The topological polar surface area (TPSA) is 97.0 Å². The molecule has 2 bridgehead atoms. The Labute approximate surface area is 245 Å². The highest BCUT2D eigenvalue weighted by Gasteiger charge is 2.72. The van der Waals surface area contributed by atoms with Crippen molar-refractivity contribution in [3.8, 4) is 5.75 Å². The molecule has 2 aromatic carbocycles. The minimum atomic E-state index is -1.21. The van der Waals surface area contributed by atoms with Gasteiger partial charge in [-0.05, 0) is 48.9 Å². The zero-order chi connectivity index (χ0) is 28.7. The van der Waals surface area contributed by atoms with Crippen LogP contribution in [0.4, 0.5) is 5.69 Å². The van der Waals surface area contributed by atoms with E-state index in [1.807, 2.05) is 36.4 Å². The van der Waals surface area contributed by atoms with Gasteiger partial charge in [-0.25, -0.2) is 0 Å². The Morgan fingerprint density at radius 3 is 2.71 bits per heavy atom. The van der Waals surface area contributed by atoms with Gasteiger partial charge in [0.25, 0.3) is 0 Å². The van der Waals surface area contributed by atoms with Crippen LogP contribution in [0.5, 0.6) is 5.75 Å². The summed E-state index contributed by atoms with van der Waals surface area (Å²) in [6.45, 7) is 2.45. The van der Waals surface area contributed by atoms with Gasteiger partial charge in [0.2, 0.25) is 17.7 Å². The number of hydrogen-bond donors (Lipinski definition) is 2. The summed E-state index contributed by atoms with van der Waals surface area (Å²) in [5.74, 6) is -1.40. The maximum absolute atomic E-state index is 14.2. The zero-order valence-corrected chi connectivity index (χ0v) is 24.1. The molecule has 1 saturated carbocycles. The number of anilines is 1. The van der Waals surface area contributed by atoms with Crippen molar-refractivity contribution in [2.75, 3.05) is 19.0 Å². The maximum Gasteiger partial charge on any atom is 0.246 e. The third kappa shape index (κ3) is 4.91.